The zero-order chi connectivity index (χ0) is 12.6. The number of aliphatic hydroxyl groups is 1. The molecular formula is C13H16F2O2. The van der Waals surface area contributed by atoms with E-state index < -0.39 is 23.8 Å². The highest BCUT2D eigenvalue weighted by atomic mass is 19.1. The maximum Gasteiger partial charge on any atom is 0.132 e. The zero-order valence-electron chi connectivity index (χ0n) is 9.91. The maximum atomic E-state index is 13.6. The van der Waals surface area contributed by atoms with E-state index in [0.717, 1.165) is 12.5 Å². The van der Waals surface area contributed by atoms with Crippen molar-refractivity contribution < 1.29 is 18.6 Å². The Morgan fingerprint density at radius 1 is 1.29 bits per heavy atom. The van der Waals surface area contributed by atoms with Crippen LogP contribution in [0.2, 0.25) is 0 Å². The number of hydrogen-bond donors (Lipinski definition) is 1. The largest absolute Gasteiger partial charge is 0.386 e. The van der Waals surface area contributed by atoms with E-state index in [1.54, 1.807) is 6.92 Å². The molecule has 1 heterocycles. The van der Waals surface area contributed by atoms with E-state index in [0.29, 0.717) is 12.0 Å². The van der Waals surface area contributed by atoms with Gasteiger partial charge in [0.15, 0.2) is 0 Å². The second kappa shape index (κ2) is 4.70. The van der Waals surface area contributed by atoms with Crippen molar-refractivity contribution in [3.8, 4) is 0 Å². The van der Waals surface area contributed by atoms with Crippen LogP contribution in [0.5, 0.6) is 0 Å². The van der Waals surface area contributed by atoms with Gasteiger partial charge in [-0.2, -0.15) is 0 Å². The smallest absolute Gasteiger partial charge is 0.132 e. The van der Waals surface area contributed by atoms with Crippen LogP contribution < -0.4 is 0 Å². The average molecular weight is 242 g/mol. The van der Waals surface area contributed by atoms with E-state index in [1.807, 2.05) is 6.92 Å². The molecule has 3 atom stereocenters. The van der Waals surface area contributed by atoms with Crippen molar-refractivity contribution >= 4 is 0 Å². The van der Waals surface area contributed by atoms with Crippen molar-refractivity contribution in [1.82, 2.24) is 0 Å². The summed E-state index contributed by atoms with van der Waals surface area (Å²) < 4.78 is 32.2. The van der Waals surface area contributed by atoms with Gasteiger partial charge in [-0.05, 0) is 38.3 Å². The minimum absolute atomic E-state index is 0.0826. The molecule has 2 nitrogen and oxygen atoms in total. The second-order valence-corrected chi connectivity index (χ2v) is 4.63. The summed E-state index contributed by atoms with van der Waals surface area (Å²) in [5.74, 6) is -1.32. The molecule has 0 radical (unpaired) electrons. The molecule has 4 heteroatoms. The Kier molecular flexibility index (Phi) is 3.45. The Labute approximate surface area is 99.2 Å². The summed E-state index contributed by atoms with van der Waals surface area (Å²) in [4.78, 5) is 0. The van der Waals surface area contributed by atoms with Crippen molar-refractivity contribution in [2.75, 3.05) is 0 Å². The van der Waals surface area contributed by atoms with Gasteiger partial charge >= 0.3 is 0 Å². The number of aliphatic hydroxyl groups excluding tert-OH is 1. The van der Waals surface area contributed by atoms with Crippen molar-refractivity contribution in [2.24, 2.45) is 0 Å². The summed E-state index contributed by atoms with van der Waals surface area (Å²) in [6.45, 7) is 3.46. The number of aryl methyl sites for hydroxylation is 1. The van der Waals surface area contributed by atoms with Crippen LogP contribution in [0.4, 0.5) is 8.78 Å². The van der Waals surface area contributed by atoms with Crippen LogP contribution in [0.3, 0.4) is 0 Å². The molecular weight excluding hydrogens is 226 g/mol. The third-order valence-corrected chi connectivity index (χ3v) is 3.21. The van der Waals surface area contributed by atoms with Crippen LogP contribution in [-0.4, -0.2) is 17.3 Å². The Hall–Kier alpha value is -1.00. The molecule has 94 valence electrons. The summed E-state index contributed by atoms with van der Waals surface area (Å²) in [6, 6.07) is 2.16. The molecule has 1 fully saturated rings. The summed E-state index contributed by atoms with van der Waals surface area (Å²) in [5.41, 5.74) is 0.439. The highest BCUT2D eigenvalue weighted by Crippen LogP contribution is 2.32. The van der Waals surface area contributed by atoms with Gasteiger partial charge in [-0.1, -0.05) is 0 Å². The highest BCUT2D eigenvalue weighted by Gasteiger charge is 2.31. The summed E-state index contributed by atoms with van der Waals surface area (Å²) in [7, 11) is 0. The van der Waals surface area contributed by atoms with Gasteiger partial charge < -0.3 is 9.84 Å². The summed E-state index contributed by atoms with van der Waals surface area (Å²) in [5, 5.41) is 10.0. The molecule has 3 unspecified atom stereocenters. The van der Waals surface area contributed by atoms with Gasteiger partial charge in [-0.25, -0.2) is 8.78 Å². The lowest BCUT2D eigenvalue weighted by Crippen LogP contribution is -2.20. The number of rotatable bonds is 2. The Bertz CT molecular complexity index is 420. The molecule has 2 rings (SSSR count). The molecule has 0 spiro atoms. The fourth-order valence-electron chi connectivity index (χ4n) is 2.17. The first-order valence-corrected chi connectivity index (χ1v) is 5.78. The van der Waals surface area contributed by atoms with Gasteiger partial charge in [0.2, 0.25) is 0 Å². The van der Waals surface area contributed by atoms with Crippen LogP contribution in [0, 0.1) is 18.6 Å². The molecule has 1 aliphatic heterocycles. The first kappa shape index (κ1) is 12.5. The van der Waals surface area contributed by atoms with Crippen LogP contribution in [0.1, 0.15) is 37.0 Å². The first-order valence-electron chi connectivity index (χ1n) is 5.78. The predicted molar refractivity (Wildman–Crippen MR) is 59.6 cm³/mol. The van der Waals surface area contributed by atoms with E-state index in [4.69, 9.17) is 4.74 Å². The standard InChI is InChI=1S/C13H16F2O2/c1-7-5-9(11(15)6-10(7)14)13(16)12-4-3-8(2)17-12/h5-6,8,12-13,16H,3-4H2,1-2H3. The van der Waals surface area contributed by atoms with Gasteiger partial charge in [0.1, 0.15) is 17.7 Å². The topological polar surface area (TPSA) is 29.5 Å². The SMILES string of the molecule is Cc1cc(C(O)C2CCC(C)O2)c(F)cc1F. The van der Waals surface area contributed by atoms with E-state index in [9.17, 15) is 13.9 Å². The molecule has 1 aromatic carbocycles. The van der Waals surface area contributed by atoms with Crippen molar-refractivity contribution in [2.45, 2.75) is 45.0 Å². The summed E-state index contributed by atoms with van der Waals surface area (Å²) in [6.07, 6.45) is 0.199. The average Bonchev–Trinajstić information content (AvgIpc) is 2.69. The lowest BCUT2D eigenvalue weighted by molar-refractivity contribution is -0.0311. The Morgan fingerprint density at radius 3 is 2.59 bits per heavy atom. The Balaban J connectivity index is 2.24. The lowest BCUT2D eigenvalue weighted by atomic mass is 9.99. The zero-order valence-corrected chi connectivity index (χ0v) is 9.91. The number of hydrogen-bond acceptors (Lipinski definition) is 2. The van der Waals surface area contributed by atoms with Crippen LogP contribution >= 0.6 is 0 Å². The van der Waals surface area contributed by atoms with E-state index in [-0.39, 0.29) is 11.7 Å². The van der Waals surface area contributed by atoms with Gasteiger partial charge in [-0.15, -0.1) is 0 Å². The molecule has 0 aliphatic carbocycles. The Morgan fingerprint density at radius 2 is 2.00 bits per heavy atom. The predicted octanol–water partition coefficient (Wildman–Crippen LogP) is 2.87. The van der Waals surface area contributed by atoms with E-state index >= 15 is 0 Å². The van der Waals surface area contributed by atoms with Crippen LogP contribution in [0.25, 0.3) is 0 Å². The fraction of sp³-hybridized carbons (Fsp3) is 0.538. The molecule has 1 saturated heterocycles. The molecule has 0 aromatic heterocycles. The van der Waals surface area contributed by atoms with Gasteiger partial charge in [0, 0.05) is 11.6 Å². The third-order valence-electron chi connectivity index (χ3n) is 3.21. The van der Waals surface area contributed by atoms with Gasteiger partial charge in [0.05, 0.1) is 12.2 Å². The minimum Gasteiger partial charge on any atom is -0.386 e. The lowest BCUT2D eigenvalue weighted by Gasteiger charge is -2.19. The number of ether oxygens (including phenoxy) is 1. The molecule has 1 aromatic rings. The first-order chi connectivity index (χ1) is 7.99. The summed E-state index contributed by atoms with van der Waals surface area (Å²) >= 11 is 0. The fourth-order valence-corrected chi connectivity index (χ4v) is 2.17. The number of halogens is 2. The van der Waals surface area contributed by atoms with Crippen molar-refractivity contribution in [3.63, 3.8) is 0 Å². The third kappa shape index (κ3) is 2.48. The van der Waals surface area contributed by atoms with E-state index in [1.165, 1.54) is 6.07 Å². The van der Waals surface area contributed by atoms with Crippen LogP contribution in [0.15, 0.2) is 12.1 Å². The molecule has 17 heavy (non-hydrogen) atoms. The minimum atomic E-state index is -1.03. The van der Waals surface area contributed by atoms with Gasteiger partial charge in [-0.3, -0.25) is 0 Å². The van der Waals surface area contributed by atoms with Crippen molar-refractivity contribution in [1.29, 1.82) is 0 Å². The normalized spacial score (nSPS) is 26.2. The van der Waals surface area contributed by atoms with Crippen LogP contribution in [-0.2, 0) is 4.74 Å². The maximum absolute atomic E-state index is 13.6. The quantitative estimate of drug-likeness (QED) is 0.864. The molecule has 1 aliphatic rings. The second-order valence-electron chi connectivity index (χ2n) is 4.63. The molecule has 1 N–H and O–H groups in total. The van der Waals surface area contributed by atoms with Gasteiger partial charge in [0.25, 0.3) is 0 Å². The van der Waals surface area contributed by atoms with E-state index in [2.05, 4.69) is 0 Å². The molecule has 0 saturated carbocycles. The monoisotopic (exact) mass is 242 g/mol. The molecule has 0 bridgehead atoms. The number of benzene rings is 1. The molecule has 0 amide bonds. The van der Waals surface area contributed by atoms with Crippen molar-refractivity contribution in [3.05, 3.63) is 34.9 Å². The highest BCUT2D eigenvalue weighted by molar-refractivity contribution is 5.28.